The molecule has 3 rings (SSSR count). The zero-order valence-corrected chi connectivity index (χ0v) is 10.2. The van der Waals surface area contributed by atoms with Crippen molar-refractivity contribution in [3.8, 4) is 0 Å². The molecule has 1 aromatic heterocycles. The van der Waals surface area contributed by atoms with Crippen LogP contribution in [0.25, 0.3) is 17.0 Å². The van der Waals surface area contributed by atoms with Gasteiger partial charge in [-0.3, -0.25) is 0 Å². The van der Waals surface area contributed by atoms with Gasteiger partial charge in [0.05, 0.1) is 0 Å². The summed E-state index contributed by atoms with van der Waals surface area (Å²) in [7, 11) is 2.16. The average Bonchev–Trinajstić information content (AvgIpc) is 2.55. The van der Waals surface area contributed by atoms with E-state index in [0.717, 1.165) is 0 Å². The van der Waals surface area contributed by atoms with Gasteiger partial charge < -0.3 is 0 Å². The molecule has 1 aliphatic heterocycles. The van der Waals surface area contributed by atoms with Crippen molar-refractivity contribution in [3.05, 3.63) is 39.6 Å². The number of hydrogen-bond acceptors (Lipinski definition) is 0. The van der Waals surface area contributed by atoms with E-state index < -0.39 is 0 Å². The average molecular weight is 296 g/mol. The summed E-state index contributed by atoms with van der Waals surface area (Å²) in [6.45, 7) is 0. The summed E-state index contributed by atoms with van der Waals surface area (Å²) in [5.74, 6) is 0. The molecule has 1 nitrogen and oxygen atoms in total. The van der Waals surface area contributed by atoms with Crippen LogP contribution in [0.15, 0.2) is 28.3 Å². The third kappa shape index (κ3) is 1.06. The normalized spacial score (nSPS) is 15.2. The van der Waals surface area contributed by atoms with Crippen molar-refractivity contribution in [2.24, 2.45) is 7.05 Å². The van der Waals surface area contributed by atoms with Crippen molar-refractivity contribution in [1.82, 2.24) is 4.57 Å². The number of aromatic nitrogens is 1. The molecule has 0 amide bonds. The molecule has 0 saturated heterocycles. The van der Waals surface area contributed by atoms with Crippen LogP contribution in [0.2, 0.25) is 0 Å². The standard InChI is InChI=1S/C12H11IN/c1-14-11-5-3-2-4-9(11)10-8-13-7-6-12(10)14/h2-7H,8H2,1H3/q-1. The van der Waals surface area contributed by atoms with Crippen molar-refractivity contribution in [2.45, 2.75) is 4.43 Å². The number of nitrogens with zero attached hydrogens (tertiary/aromatic N) is 1. The number of para-hydroxylation sites is 1. The second kappa shape index (κ2) is 3.12. The van der Waals surface area contributed by atoms with E-state index in [1.807, 2.05) is 0 Å². The Labute approximate surface area is 93.7 Å². The van der Waals surface area contributed by atoms with E-state index in [-0.39, 0.29) is 21.2 Å². The summed E-state index contributed by atoms with van der Waals surface area (Å²) in [6, 6.07) is 8.71. The number of alkyl halides is 1. The Kier molecular flexibility index (Phi) is 1.90. The monoisotopic (exact) mass is 296 g/mol. The van der Waals surface area contributed by atoms with Crippen LogP contribution in [0, 0.1) is 0 Å². The molecule has 0 N–H and O–H groups in total. The first-order valence-electron chi connectivity index (χ1n) is 4.68. The molecule has 1 aromatic carbocycles. The molecule has 0 saturated carbocycles. The van der Waals surface area contributed by atoms with E-state index in [9.17, 15) is 0 Å². The molecular weight excluding hydrogens is 285 g/mol. The fraction of sp³-hybridized carbons (Fsp3) is 0.167. The first-order chi connectivity index (χ1) is 6.88. The van der Waals surface area contributed by atoms with Crippen LogP contribution in [0.1, 0.15) is 11.3 Å². The third-order valence-corrected chi connectivity index (χ3v) is 4.85. The van der Waals surface area contributed by atoms with Crippen molar-refractivity contribution in [2.75, 3.05) is 0 Å². The molecule has 2 heteroatoms. The SMILES string of the molecule is Cn1c2c(c3ccccc31)C[I-]C=C2. The van der Waals surface area contributed by atoms with E-state index in [2.05, 4.69) is 46.0 Å². The van der Waals surface area contributed by atoms with E-state index >= 15 is 0 Å². The van der Waals surface area contributed by atoms with Crippen molar-refractivity contribution in [3.63, 3.8) is 0 Å². The molecule has 0 unspecified atom stereocenters. The fourth-order valence-corrected chi connectivity index (χ4v) is 4.16. The second-order valence-corrected chi connectivity index (χ2v) is 5.88. The Morgan fingerprint density at radius 2 is 2.14 bits per heavy atom. The molecule has 14 heavy (non-hydrogen) atoms. The Hall–Kier alpha value is -0.770. The van der Waals surface area contributed by atoms with Gasteiger partial charge in [0.1, 0.15) is 0 Å². The molecule has 0 bridgehead atoms. The molecule has 0 atom stereocenters. The fourth-order valence-electron chi connectivity index (χ4n) is 2.07. The van der Waals surface area contributed by atoms with Gasteiger partial charge in [-0.2, -0.15) is 0 Å². The first-order valence-corrected chi connectivity index (χ1v) is 7.45. The second-order valence-electron chi connectivity index (χ2n) is 3.52. The van der Waals surface area contributed by atoms with Crippen LogP contribution in [-0.2, 0) is 11.5 Å². The number of hydrogen-bond donors (Lipinski definition) is 0. The minimum atomic E-state index is 0.270. The van der Waals surface area contributed by atoms with Gasteiger partial charge >= 0.3 is 93.8 Å². The summed E-state index contributed by atoms with van der Waals surface area (Å²) in [5.41, 5.74) is 4.35. The van der Waals surface area contributed by atoms with E-state index in [1.165, 1.54) is 21.0 Å². The van der Waals surface area contributed by atoms with Gasteiger partial charge in [-0.25, -0.2) is 0 Å². The zero-order chi connectivity index (χ0) is 9.54. The Morgan fingerprint density at radius 3 is 3.07 bits per heavy atom. The van der Waals surface area contributed by atoms with Crippen LogP contribution in [-0.4, -0.2) is 4.57 Å². The molecular formula is C12H11IN-. The van der Waals surface area contributed by atoms with Crippen LogP contribution in [0.5, 0.6) is 0 Å². The van der Waals surface area contributed by atoms with Crippen molar-refractivity contribution >= 4 is 17.0 Å². The number of fused-ring (bicyclic) bond motifs is 3. The zero-order valence-electron chi connectivity index (χ0n) is 8.00. The van der Waals surface area contributed by atoms with Crippen molar-refractivity contribution in [1.29, 1.82) is 0 Å². The maximum absolute atomic E-state index is 2.38. The molecule has 0 aliphatic carbocycles. The van der Waals surface area contributed by atoms with E-state index in [0.29, 0.717) is 0 Å². The molecule has 0 fully saturated rings. The summed E-state index contributed by atoms with van der Waals surface area (Å²) in [6.07, 6.45) is 2.30. The first kappa shape index (κ1) is 8.53. The van der Waals surface area contributed by atoms with Crippen LogP contribution in [0.4, 0.5) is 0 Å². The quantitative estimate of drug-likeness (QED) is 0.467. The molecule has 72 valence electrons. The minimum absolute atomic E-state index is 0.270. The predicted octanol–water partition coefficient (Wildman–Crippen LogP) is -0.248. The van der Waals surface area contributed by atoms with Crippen LogP contribution >= 0.6 is 0 Å². The number of aryl methyl sites for hydroxylation is 1. The van der Waals surface area contributed by atoms with Gasteiger partial charge in [-0.15, -0.1) is 0 Å². The summed E-state index contributed by atoms with van der Waals surface area (Å²) in [4.78, 5) is 0. The molecule has 0 radical (unpaired) electrons. The molecule has 0 spiro atoms. The van der Waals surface area contributed by atoms with Gasteiger partial charge in [0, 0.05) is 0 Å². The van der Waals surface area contributed by atoms with Crippen LogP contribution in [0.3, 0.4) is 0 Å². The number of benzene rings is 1. The summed E-state index contributed by atoms with van der Waals surface area (Å²) < 4.78 is 5.98. The molecule has 1 aliphatic rings. The summed E-state index contributed by atoms with van der Waals surface area (Å²) >= 11 is 0.270. The van der Waals surface area contributed by atoms with E-state index in [1.54, 1.807) is 5.56 Å². The Bertz CT molecular complexity index is 522. The Balaban J connectivity index is 2.48. The van der Waals surface area contributed by atoms with Gasteiger partial charge in [0.25, 0.3) is 0 Å². The topological polar surface area (TPSA) is 4.93 Å². The van der Waals surface area contributed by atoms with Crippen molar-refractivity contribution < 1.29 is 21.2 Å². The predicted molar refractivity (Wildman–Crippen MR) is 55.7 cm³/mol. The van der Waals surface area contributed by atoms with Gasteiger partial charge in [0.15, 0.2) is 0 Å². The molecule has 2 aromatic rings. The summed E-state index contributed by atoms with van der Waals surface area (Å²) in [5, 5.41) is 1.45. The van der Waals surface area contributed by atoms with Crippen LogP contribution < -0.4 is 21.2 Å². The third-order valence-electron chi connectivity index (χ3n) is 2.78. The Morgan fingerprint density at radius 1 is 1.29 bits per heavy atom. The van der Waals surface area contributed by atoms with Gasteiger partial charge in [-0.1, -0.05) is 0 Å². The molecule has 2 heterocycles. The number of halogens is 1. The van der Waals surface area contributed by atoms with Gasteiger partial charge in [0.2, 0.25) is 0 Å². The maximum atomic E-state index is 2.38. The van der Waals surface area contributed by atoms with Gasteiger partial charge in [-0.05, 0) is 0 Å². The van der Waals surface area contributed by atoms with E-state index in [4.69, 9.17) is 0 Å². The number of rotatable bonds is 0.